The number of benzene rings is 1. The summed E-state index contributed by atoms with van der Waals surface area (Å²) in [7, 11) is -3.53. The number of amides is 2. The Hall–Kier alpha value is -1.80. The third kappa shape index (κ3) is 2.79. The van der Waals surface area contributed by atoms with E-state index in [2.05, 4.69) is 0 Å². The molecule has 1 aromatic carbocycles. The minimum atomic E-state index is -3.53. The topological polar surface area (TPSA) is 110 Å². The fraction of sp³-hybridized carbons (Fsp3) is 0.364. The first-order valence-electron chi connectivity index (χ1n) is 5.81. The van der Waals surface area contributed by atoms with Gasteiger partial charge in [-0.3, -0.25) is 0 Å². The van der Waals surface area contributed by atoms with Gasteiger partial charge < -0.3 is 16.4 Å². The number of carbonyl (C=O) groups excluding carboxylic acids is 1. The van der Waals surface area contributed by atoms with Gasteiger partial charge in [-0.05, 0) is 24.3 Å². The van der Waals surface area contributed by atoms with Gasteiger partial charge in [0.05, 0.1) is 4.90 Å². The molecule has 0 atom stereocenters. The number of sulfonamides is 1. The summed E-state index contributed by atoms with van der Waals surface area (Å²) >= 11 is 0. The Kier molecular flexibility index (Phi) is 3.63. The highest BCUT2D eigenvalue weighted by molar-refractivity contribution is 7.89. The Bertz CT molecular complexity index is 562. The second-order valence-corrected chi connectivity index (χ2v) is 6.24. The number of anilines is 1. The maximum Gasteiger partial charge on any atom is 0.314 e. The molecule has 2 amide bonds. The first kappa shape index (κ1) is 13.6. The third-order valence-corrected chi connectivity index (χ3v) is 4.98. The Morgan fingerprint density at radius 2 is 1.58 bits per heavy atom. The van der Waals surface area contributed by atoms with Crippen LogP contribution in [0.1, 0.15) is 0 Å². The molecule has 4 N–H and O–H groups in total. The van der Waals surface area contributed by atoms with Crippen molar-refractivity contribution in [3.8, 4) is 0 Å². The van der Waals surface area contributed by atoms with E-state index in [0.717, 1.165) is 0 Å². The summed E-state index contributed by atoms with van der Waals surface area (Å²) in [6, 6.07) is 5.53. The van der Waals surface area contributed by atoms with Gasteiger partial charge in [-0.25, -0.2) is 13.2 Å². The van der Waals surface area contributed by atoms with E-state index in [1.54, 1.807) is 12.1 Å². The first-order chi connectivity index (χ1) is 8.91. The molecule has 1 aliphatic heterocycles. The van der Waals surface area contributed by atoms with Gasteiger partial charge in [-0.1, -0.05) is 0 Å². The number of rotatable bonds is 2. The predicted octanol–water partition coefficient (Wildman–Crippen LogP) is -0.346. The fourth-order valence-corrected chi connectivity index (χ4v) is 3.36. The van der Waals surface area contributed by atoms with Crippen LogP contribution in [0.5, 0.6) is 0 Å². The Labute approximate surface area is 111 Å². The summed E-state index contributed by atoms with van der Waals surface area (Å²) in [4.78, 5) is 12.6. The quantitative estimate of drug-likeness (QED) is 0.723. The molecule has 0 unspecified atom stereocenters. The van der Waals surface area contributed by atoms with E-state index < -0.39 is 16.1 Å². The van der Waals surface area contributed by atoms with E-state index >= 15 is 0 Å². The molecule has 0 aliphatic carbocycles. The summed E-state index contributed by atoms with van der Waals surface area (Å²) < 4.78 is 26.0. The second kappa shape index (κ2) is 5.06. The minimum Gasteiger partial charge on any atom is -0.399 e. The van der Waals surface area contributed by atoms with Crippen molar-refractivity contribution < 1.29 is 13.2 Å². The van der Waals surface area contributed by atoms with E-state index in [1.165, 1.54) is 21.3 Å². The van der Waals surface area contributed by atoms with Crippen LogP contribution in [0.3, 0.4) is 0 Å². The number of carbonyl (C=O) groups is 1. The van der Waals surface area contributed by atoms with Crippen LogP contribution >= 0.6 is 0 Å². The number of hydrogen-bond acceptors (Lipinski definition) is 4. The lowest BCUT2D eigenvalue weighted by Gasteiger charge is -2.32. The van der Waals surface area contributed by atoms with Crippen LogP contribution in [0.25, 0.3) is 0 Å². The maximum absolute atomic E-state index is 12.3. The Balaban J connectivity index is 2.14. The van der Waals surface area contributed by atoms with Gasteiger partial charge in [-0.2, -0.15) is 4.31 Å². The van der Waals surface area contributed by atoms with Gasteiger partial charge in [0, 0.05) is 31.9 Å². The van der Waals surface area contributed by atoms with Crippen LogP contribution in [0.2, 0.25) is 0 Å². The lowest BCUT2D eigenvalue weighted by molar-refractivity contribution is 0.181. The zero-order valence-corrected chi connectivity index (χ0v) is 11.1. The summed E-state index contributed by atoms with van der Waals surface area (Å²) in [6.07, 6.45) is 0. The van der Waals surface area contributed by atoms with E-state index in [1.807, 2.05) is 0 Å². The molecule has 19 heavy (non-hydrogen) atoms. The van der Waals surface area contributed by atoms with Gasteiger partial charge in [0.1, 0.15) is 0 Å². The van der Waals surface area contributed by atoms with Crippen LogP contribution in [0.15, 0.2) is 29.2 Å². The minimum absolute atomic E-state index is 0.203. The molecular formula is C11H16N4O3S. The number of urea groups is 1. The van der Waals surface area contributed by atoms with Crippen molar-refractivity contribution >= 4 is 21.7 Å². The van der Waals surface area contributed by atoms with Crippen LogP contribution in [-0.4, -0.2) is 49.8 Å². The Morgan fingerprint density at radius 3 is 2.05 bits per heavy atom. The highest BCUT2D eigenvalue weighted by Gasteiger charge is 2.29. The molecule has 0 spiro atoms. The molecule has 1 fully saturated rings. The fourth-order valence-electron chi connectivity index (χ4n) is 1.94. The molecule has 7 nitrogen and oxygen atoms in total. The maximum atomic E-state index is 12.3. The van der Waals surface area contributed by atoms with Crippen molar-refractivity contribution in [2.75, 3.05) is 31.9 Å². The zero-order valence-electron chi connectivity index (χ0n) is 10.3. The number of piperazine rings is 1. The van der Waals surface area contributed by atoms with Crippen molar-refractivity contribution in [2.45, 2.75) is 4.90 Å². The molecule has 8 heteroatoms. The molecule has 0 saturated carbocycles. The van der Waals surface area contributed by atoms with Crippen LogP contribution in [0.4, 0.5) is 10.5 Å². The monoisotopic (exact) mass is 284 g/mol. The first-order valence-corrected chi connectivity index (χ1v) is 7.25. The number of primary amides is 1. The number of nitrogens with two attached hydrogens (primary N) is 2. The van der Waals surface area contributed by atoms with Crippen LogP contribution < -0.4 is 11.5 Å². The SMILES string of the molecule is NC(=O)N1CCN(S(=O)(=O)c2ccc(N)cc2)CC1. The van der Waals surface area contributed by atoms with Gasteiger partial charge in [-0.15, -0.1) is 0 Å². The molecule has 1 aromatic rings. The van der Waals surface area contributed by atoms with E-state index in [0.29, 0.717) is 18.8 Å². The molecule has 1 saturated heterocycles. The molecule has 0 radical (unpaired) electrons. The zero-order chi connectivity index (χ0) is 14.0. The second-order valence-electron chi connectivity index (χ2n) is 4.30. The smallest absolute Gasteiger partial charge is 0.314 e. The summed E-state index contributed by atoms with van der Waals surface area (Å²) in [5.41, 5.74) is 11.2. The standard InChI is InChI=1S/C11H16N4O3S/c12-9-1-3-10(4-2-9)19(17,18)15-7-5-14(6-8-15)11(13)16/h1-4H,5-8,12H2,(H2,13,16). The van der Waals surface area contributed by atoms with Gasteiger partial charge in [0.2, 0.25) is 10.0 Å². The summed E-state index contributed by atoms with van der Waals surface area (Å²) in [5.74, 6) is 0. The predicted molar refractivity (Wildman–Crippen MR) is 70.8 cm³/mol. The highest BCUT2D eigenvalue weighted by Crippen LogP contribution is 2.18. The number of hydrogen-bond donors (Lipinski definition) is 2. The van der Waals surface area contributed by atoms with E-state index in [-0.39, 0.29) is 18.0 Å². The van der Waals surface area contributed by atoms with Crippen molar-refractivity contribution in [3.63, 3.8) is 0 Å². The molecular weight excluding hydrogens is 268 g/mol. The van der Waals surface area contributed by atoms with Crippen molar-refractivity contribution in [1.29, 1.82) is 0 Å². The lowest BCUT2D eigenvalue weighted by atomic mass is 10.3. The third-order valence-electron chi connectivity index (χ3n) is 3.07. The van der Waals surface area contributed by atoms with E-state index in [4.69, 9.17) is 11.5 Å². The normalized spacial score (nSPS) is 17.4. The molecule has 2 rings (SSSR count). The largest absolute Gasteiger partial charge is 0.399 e. The lowest BCUT2D eigenvalue weighted by Crippen LogP contribution is -2.51. The number of nitrogens with zero attached hydrogens (tertiary/aromatic N) is 2. The van der Waals surface area contributed by atoms with Crippen molar-refractivity contribution in [1.82, 2.24) is 9.21 Å². The van der Waals surface area contributed by atoms with Gasteiger partial charge in [0.25, 0.3) is 0 Å². The number of nitrogen functional groups attached to an aromatic ring is 1. The van der Waals surface area contributed by atoms with E-state index in [9.17, 15) is 13.2 Å². The molecule has 0 bridgehead atoms. The van der Waals surface area contributed by atoms with Gasteiger partial charge >= 0.3 is 6.03 Å². The van der Waals surface area contributed by atoms with Crippen LogP contribution in [0, 0.1) is 0 Å². The summed E-state index contributed by atoms with van der Waals surface area (Å²) in [5, 5.41) is 0. The highest BCUT2D eigenvalue weighted by atomic mass is 32.2. The average Bonchev–Trinajstić information content (AvgIpc) is 2.39. The van der Waals surface area contributed by atoms with Crippen LogP contribution in [-0.2, 0) is 10.0 Å². The van der Waals surface area contributed by atoms with Crippen molar-refractivity contribution in [2.24, 2.45) is 5.73 Å². The Morgan fingerprint density at radius 1 is 1.05 bits per heavy atom. The van der Waals surface area contributed by atoms with Gasteiger partial charge in [0.15, 0.2) is 0 Å². The molecule has 1 aliphatic rings. The average molecular weight is 284 g/mol. The summed E-state index contributed by atoms with van der Waals surface area (Å²) in [6.45, 7) is 1.11. The molecule has 104 valence electrons. The van der Waals surface area contributed by atoms with Crippen molar-refractivity contribution in [3.05, 3.63) is 24.3 Å². The molecule has 0 aromatic heterocycles. The molecule has 1 heterocycles.